The molecule has 0 unspecified atom stereocenters. The van der Waals surface area contributed by atoms with Gasteiger partial charge >= 0.3 is 5.97 Å². The van der Waals surface area contributed by atoms with Crippen molar-refractivity contribution in [3.63, 3.8) is 0 Å². The Morgan fingerprint density at radius 3 is 2.92 bits per heavy atom. The van der Waals surface area contributed by atoms with Gasteiger partial charge in [0, 0.05) is 6.20 Å². The van der Waals surface area contributed by atoms with Gasteiger partial charge in [-0.2, -0.15) is 5.10 Å². The maximum absolute atomic E-state index is 11.4. The Morgan fingerprint density at radius 2 is 2.31 bits per heavy atom. The Hall–Kier alpha value is -1.32. The second-order valence-corrected chi connectivity index (χ2v) is 3.30. The Morgan fingerprint density at radius 1 is 1.54 bits per heavy atom. The van der Waals surface area contributed by atoms with Crippen molar-refractivity contribution in [1.82, 2.24) is 10.2 Å². The molecular formula is C9H12N2O2. The maximum Gasteiger partial charge on any atom is 0.341 e. The third kappa shape index (κ3) is 1.88. The van der Waals surface area contributed by atoms with Crippen LogP contribution in [0.1, 0.15) is 36.0 Å². The van der Waals surface area contributed by atoms with Crippen molar-refractivity contribution in [1.29, 1.82) is 0 Å². The van der Waals surface area contributed by atoms with Gasteiger partial charge in [-0.05, 0) is 25.7 Å². The fourth-order valence-electron chi connectivity index (χ4n) is 1.59. The summed E-state index contributed by atoms with van der Waals surface area (Å²) in [6, 6.07) is 0. The van der Waals surface area contributed by atoms with Crippen LogP contribution in [-0.2, 0) is 4.74 Å². The summed E-state index contributed by atoms with van der Waals surface area (Å²) in [6.07, 6.45) is 7.51. The summed E-state index contributed by atoms with van der Waals surface area (Å²) < 4.78 is 5.26. The van der Waals surface area contributed by atoms with Crippen molar-refractivity contribution in [2.45, 2.75) is 31.8 Å². The van der Waals surface area contributed by atoms with Gasteiger partial charge in [-0.1, -0.05) is 0 Å². The summed E-state index contributed by atoms with van der Waals surface area (Å²) in [7, 11) is 0. The molecule has 70 valence electrons. The lowest BCUT2D eigenvalue weighted by Gasteiger charge is -2.09. The second kappa shape index (κ2) is 3.60. The van der Waals surface area contributed by atoms with Crippen molar-refractivity contribution >= 4 is 5.97 Å². The van der Waals surface area contributed by atoms with Gasteiger partial charge in [-0.25, -0.2) is 4.79 Å². The molecule has 1 aliphatic carbocycles. The van der Waals surface area contributed by atoms with Crippen LogP contribution in [0, 0.1) is 0 Å². The number of aromatic nitrogens is 2. The summed E-state index contributed by atoms with van der Waals surface area (Å²) in [5.41, 5.74) is 0.506. The molecule has 1 aromatic rings. The Balaban J connectivity index is 1.91. The number of carbonyl (C=O) groups is 1. The molecule has 1 heterocycles. The first-order valence-electron chi connectivity index (χ1n) is 4.56. The zero-order valence-corrected chi connectivity index (χ0v) is 7.32. The average molecular weight is 180 g/mol. The van der Waals surface area contributed by atoms with Crippen LogP contribution in [0.5, 0.6) is 0 Å². The summed E-state index contributed by atoms with van der Waals surface area (Å²) in [6.45, 7) is 0. The molecule has 0 aliphatic heterocycles. The van der Waals surface area contributed by atoms with Gasteiger partial charge in [0.1, 0.15) is 6.10 Å². The Kier molecular flexibility index (Phi) is 2.29. The molecule has 1 saturated carbocycles. The fraction of sp³-hybridized carbons (Fsp3) is 0.556. The Bertz CT molecular complexity index is 276. The molecule has 1 aromatic heterocycles. The van der Waals surface area contributed by atoms with E-state index in [0.717, 1.165) is 12.8 Å². The molecule has 2 rings (SSSR count). The van der Waals surface area contributed by atoms with Crippen LogP contribution in [0.4, 0.5) is 0 Å². The van der Waals surface area contributed by atoms with Crippen LogP contribution in [0.25, 0.3) is 0 Å². The number of carbonyl (C=O) groups excluding carboxylic acids is 1. The number of rotatable bonds is 2. The average Bonchev–Trinajstić information content (AvgIpc) is 2.74. The van der Waals surface area contributed by atoms with Crippen molar-refractivity contribution in [3.05, 3.63) is 18.0 Å². The fourth-order valence-corrected chi connectivity index (χ4v) is 1.59. The molecule has 0 saturated heterocycles. The van der Waals surface area contributed by atoms with E-state index in [0.29, 0.717) is 5.56 Å². The number of nitrogens with zero attached hydrogens (tertiary/aromatic N) is 1. The van der Waals surface area contributed by atoms with Gasteiger partial charge in [-0.15, -0.1) is 0 Å². The standard InChI is InChI=1S/C9H12N2O2/c12-9(7-5-10-11-6-7)13-8-3-1-2-4-8/h5-6,8H,1-4H2,(H,10,11). The van der Waals surface area contributed by atoms with E-state index >= 15 is 0 Å². The number of H-pyrrole nitrogens is 1. The smallest absolute Gasteiger partial charge is 0.341 e. The third-order valence-corrected chi connectivity index (χ3v) is 2.31. The number of hydrogen-bond donors (Lipinski definition) is 1. The van der Waals surface area contributed by atoms with Gasteiger partial charge in [0.25, 0.3) is 0 Å². The van der Waals surface area contributed by atoms with Crippen molar-refractivity contribution in [2.75, 3.05) is 0 Å². The van der Waals surface area contributed by atoms with Crippen LogP contribution < -0.4 is 0 Å². The molecule has 0 amide bonds. The summed E-state index contributed by atoms with van der Waals surface area (Å²) in [5.74, 6) is -0.263. The normalized spacial score (nSPS) is 17.5. The van der Waals surface area contributed by atoms with Gasteiger partial charge in [0.15, 0.2) is 0 Å². The van der Waals surface area contributed by atoms with Gasteiger partial charge < -0.3 is 4.74 Å². The minimum absolute atomic E-state index is 0.127. The Labute approximate surface area is 76.3 Å². The quantitative estimate of drug-likeness (QED) is 0.702. The van der Waals surface area contributed by atoms with E-state index in [9.17, 15) is 4.79 Å². The van der Waals surface area contributed by atoms with Crippen LogP contribution in [0.15, 0.2) is 12.4 Å². The lowest BCUT2D eigenvalue weighted by molar-refractivity contribution is 0.0318. The van der Waals surface area contributed by atoms with Gasteiger partial charge in [0.05, 0.1) is 11.8 Å². The monoisotopic (exact) mass is 180 g/mol. The van der Waals surface area contributed by atoms with E-state index in [1.807, 2.05) is 0 Å². The van der Waals surface area contributed by atoms with Crippen molar-refractivity contribution in [3.8, 4) is 0 Å². The van der Waals surface area contributed by atoms with E-state index in [-0.39, 0.29) is 12.1 Å². The van der Waals surface area contributed by atoms with E-state index in [4.69, 9.17) is 4.74 Å². The second-order valence-electron chi connectivity index (χ2n) is 3.30. The van der Waals surface area contributed by atoms with Crippen LogP contribution in [0.3, 0.4) is 0 Å². The highest BCUT2D eigenvalue weighted by Crippen LogP contribution is 2.21. The molecule has 1 N–H and O–H groups in total. The molecule has 0 radical (unpaired) electrons. The number of esters is 1. The van der Waals surface area contributed by atoms with Crippen LogP contribution in [-0.4, -0.2) is 22.3 Å². The highest BCUT2D eigenvalue weighted by atomic mass is 16.5. The maximum atomic E-state index is 11.4. The number of nitrogens with one attached hydrogen (secondary N) is 1. The number of hydrogen-bond acceptors (Lipinski definition) is 3. The minimum Gasteiger partial charge on any atom is -0.459 e. The van der Waals surface area contributed by atoms with Crippen molar-refractivity contribution in [2.24, 2.45) is 0 Å². The first-order chi connectivity index (χ1) is 6.36. The molecule has 13 heavy (non-hydrogen) atoms. The number of aromatic amines is 1. The van der Waals surface area contributed by atoms with Crippen molar-refractivity contribution < 1.29 is 9.53 Å². The molecule has 1 fully saturated rings. The summed E-state index contributed by atoms with van der Waals surface area (Å²) in [5, 5.41) is 6.28. The minimum atomic E-state index is -0.263. The molecule has 0 bridgehead atoms. The third-order valence-electron chi connectivity index (χ3n) is 2.31. The summed E-state index contributed by atoms with van der Waals surface area (Å²) >= 11 is 0. The molecule has 0 atom stereocenters. The molecule has 1 aliphatic rings. The van der Waals surface area contributed by atoms with Crippen LogP contribution in [0.2, 0.25) is 0 Å². The van der Waals surface area contributed by atoms with Gasteiger partial charge in [-0.3, -0.25) is 5.10 Å². The number of ether oxygens (including phenoxy) is 1. The van der Waals surface area contributed by atoms with E-state index in [1.165, 1.54) is 19.0 Å². The first kappa shape index (κ1) is 8.29. The highest BCUT2D eigenvalue weighted by Gasteiger charge is 2.20. The molecule has 0 aromatic carbocycles. The largest absolute Gasteiger partial charge is 0.459 e. The van der Waals surface area contributed by atoms with E-state index < -0.39 is 0 Å². The lowest BCUT2D eigenvalue weighted by atomic mass is 10.3. The topological polar surface area (TPSA) is 55.0 Å². The molecular weight excluding hydrogens is 168 g/mol. The zero-order valence-electron chi connectivity index (χ0n) is 7.32. The lowest BCUT2D eigenvalue weighted by Crippen LogP contribution is -2.14. The zero-order chi connectivity index (χ0) is 9.10. The molecule has 0 spiro atoms. The first-order valence-corrected chi connectivity index (χ1v) is 4.56. The highest BCUT2D eigenvalue weighted by molar-refractivity contribution is 5.88. The van der Waals surface area contributed by atoms with Gasteiger partial charge in [0.2, 0.25) is 0 Å². The SMILES string of the molecule is O=C(OC1CCCC1)c1cn[nH]c1. The molecule has 4 nitrogen and oxygen atoms in total. The van der Waals surface area contributed by atoms with Crippen LogP contribution >= 0.6 is 0 Å². The summed E-state index contributed by atoms with van der Waals surface area (Å²) in [4.78, 5) is 11.4. The van der Waals surface area contributed by atoms with E-state index in [2.05, 4.69) is 10.2 Å². The predicted molar refractivity (Wildman–Crippen MR) is 46.3 cm³/mol. The molecule has 4 heteroatoms. The predicted octanol–water partition coefficient (Wildman–Crippen LogP) is 1.51. The van der Waals surface area contributed by atoms with E-state index in [1.54, 1.807) is 6.20 Å².